The molecule has 0 saturated carbocycles. The molecule has 10 heteroatoms. The number of rotatable bonds is 4. The maximum absolute atomic E-state index is 11.6. The number of allylic oxidation sites excluding steroid dienone is 2. The molecule has 186 valence electrons. The molecule has 9 nitrogen and oxygen atoms in total. The van der Waals surface area contributed by atoms with Crippen molar-refractivity contribution in [2.45, 2.75) is 19.9 Å². The van der Waals surface area contributed by atoms with Gasteiger partial charge >= 0.3 is 20.4 Å². The first-order valence-electron chi connectivity index (χ1n) is 9.68. The largest absolute Gasteiger partial charge is 2.00 e. The van der Waals surface area contributed by atoms with Crippen LogP contribution in [-0.4, -0.2) is 39.3 Å². The number of carboxylic acid groups (broad SMARTS) is 1. The Bertz CT molecular complexity index is 1010. The maximum atomic E-state index is 11.6. The Morgan fingerprint density at radius 2 is 1.44 bits per heavy atom. The molecule has 0 amide bonds. The standard InChI is InChI=1S/C12H10N2.C12H15NO3.3H2O.Pd/c1-2-6-12-11(5-1)7-10-13-8-3-4-9-14(12)13;1-8(2)10(12(15)16)13-11(14)9-6-4-3-5-7-9;;;;/h1-10H;3-8,10H,1-2H3,(H,13,14)(H,15,16);3*1H2;/q;;;;;+2/p-2. The fourth-order valence-corrected chi connectivity index (χ4v) is 2.99. The van der Waals surface area contributed by atoms with E-state index in [4.69, 9.17) is 0 Å². The topological polar surface area (TPSA) is 177 Å². The summed E-state index contributed by atoms with van der Waals surface area (Å²) in [4.78, 5) is 14.4. The van der Waals surface area contributed by atoms with Crippen LogP contribution in [0.5, 0.6) is 0 Å². The molecule has 34 heavy (non-hydrogen) atoms. The van der Waals surface area contributed by atoms with Crippen LogP contribution in [0.1, 0.15) is 25.0 Å². The minimum absolute atomic E-state index is 0. The monoisotopic (exact) mass is 561 g/mol. The Balaban J connectivity index is 0. The summed E-state index contributed by atoms with van der Waals surface area (Å²) >= 11 is 0. The van der Waals surface area contributed by atoms with Crippen LogP contribution in [0.15, 0.2) is 90.3 Å². The Hall–Kier alpha value is -3.26. The van der Waals surface area contributed by atoms with Crippen molar-refractivity contribution in [3.05, 3.63) is 96.5 Å². The predicted molar refractivity (Wildman–Crippen MR) is 126 cm³/mol. The first kappa shape index (κ1) is 32.9. The number of carbonyl (C=O) groups is 1. The third-order valence-corrected chi connectivity index (χ3v) is 4.57. The minimum atomic E-state index is -1.32. The van der Waals surface area contributed by atoms with Gasteiger partial charge in [0, 0.05) is 24.2 Å². The fourth-order valence-electron chi connectivity index (χ4n) is 2.99. The molecule has 0 spiro atoms. The van der Waals surface area contributed by atoms with Gasteiger partial charge < -0.3 is 31.4 Å². The number of hydrogen-bond acceptors (Lipinski definition) is 6. The number of carboxylic acids is 1. The second-order valence-electron chi connectivity index (χ2n) is 7.09. The zero-order valence-corrected chi connectivity index (χ0v) is 20.3. The summed E-state index contributed by atoms with van der Waals surface area (Å²) in [5.41, 5.74) is 2.86. The molecule has 0 radical (unpaired) electrons. The number of aliphatic imine (C=N–C) groups is 1. The fraction of sp³-hybridized carbons (Fsp3) is 0.167. The molecule has 2 aliphatic heterocycles. The van der Waals surface area contributed by atoms with Gasteiger partial charge in [-0.05, 0) is 41.7 Å². The average molecular weight is 562 g/mol. The van der Waals surface area contributed by atoms with Gasteiger partial charge in [0.15, 0.2) is 0 Å². The number of para-hydroxylation sites is 1. The van der Waals surface area contributed by atoms with Crippen LogP contribution < -0.4 is 15.2 Å². The molecule has 2 aliphatic rings. The summed E-state index contributed by atoms with van der Waals surface area (Å²) in [6.07, 6.45) is 12.3. The van der Waals surface area contributed by atoms with E-state index in [0.717, 1.165) is 0 Å². The molecule has 1 unspecified atom stereocenters. The minimum Gasteiger partial charge on any atom is -0.858 e. The Kier molecular flexibility index (Phi) is 15.1. The predicted octanol–water partition coefficient (Wildman–Crippen LogP) is -0.173. The van der Waals surface area contributed by atoms with Crippen molar-refractivity contribution in [3.8, 4) is 0 Å². The van der Waals surface area contributed by atoms with E-state index in [2.05, 4.69) is 57.8 Å². The SMILES string of the molecule is C1=CN2C=Cc3ccccc3N2C=C1.CC(C)C(N=C([O-])c1ccccc1)C(=O)[O-].O.O.O.[Pd+2]. The van der Waals surface area contributed by atoms with E-state index in [1.807, 2.05) is 18.4 Å². The summed E-state index contributed by atoms with van der Waals surface area (Å²) in [5.74, 6) is -2.11. The second-order valence-corrected chi connectivity index (χ2v) is 7.09. The molecule has 0 bridgehead atoms. The van der Waals surface area contributed by atoms with Crippen molar-refractivity contribution in [1.82, 2.24) is 5.01 Å². The number of benzene rings is 2. The third-order valence-electron chi connectivity index (χ3n) is 4.57. The number of fused-ring (bicyclic) bond motifs is 3. The van der Waals surface area contributed by atoms with E-state index < -0.39 is 17.9 Å². The summed E-state index contributed by atoms with van der Waals surface area (Å²) in [7, 11) is 0. The van der Waals surface area contributed by atoms with Crippen LogP contribution in [0.4, 0.5) is 5.69 Å². The number of hydrazine groups is 1. The number of nitrogens with zero attached hydrogens (tertiary/aromatic N) is 3. The molecule has 2 aromatic rings. The van der Waals surface area contributed by atoms with Crippen LogP contribution in [0.3, 0.4) is 0 Å². The molecular formula is C24H29N3O6Pd. The maximum Gasteiger partial charge on any atom is 2.00 e. The number of aliphatic carboxylic acids is 1. The average Bonchev–Trinajstić information content (AvgIpc) is 2.78. The van der Waals surface area contributed by atoms with E-state index in [1.54, 1.807) is 44.2 Å². The van der Waals surface area contributed by atoms with Gasteiger partial charge in [0.1, 0.15) is 0 Å². The third kappa shape index (κ3) is 8.26. The zero-order chi connectivity index (χ0) is 21.5. The van der Waals surface area contributed by atoms with Gasteiger partial charge in [-0.2, -0.15) is 0 Å². The van der Waals surface area contributed by atoms with Crippen LogP contribution in [-0.2, 0) is 25.2 Å². The van der Waals surface area contributed by atoms with E-state index >= 15 is 0 Å². The zero-order valence-electron chi connectivity index (χ0n) is 18.7. The van der Waals surface area contributed by atoms with E-state index in [1.165, 1.54) is 11.3 Å². The van der Waals surface area contributed by atoms with Crippen molar-refractivity contribution < 1.29 is 51.9 Å². The molecular weight excluding hydrogens is 533 g/mol. The van der Waals surface area contributed by atoms with Crippen LogP contribution in [0, 0.1) is 5.92 Å². The smallest absolute Gasteiger partial charge is 0.858 e. The van der Waals surface area contributed by atoms with E-state index in [-0.39, 0.29) is 42.8 Å². The molecule has 4 rings (SSSR count). The Labute approximate surface area is 212 Å². The molecule has 6 N–H and O–H groups in total. The van der Waals surface area contributed by atoms with Gasteiger partial charge in [0.25, 0.3) is 0 Å². The van der Waals surface area contributed by atoms with Gasteiger partial charge in [-0.1, -0.05) is 62.4 Å². The van der Waals surface area contributed by atoms with Crippen molar-refractivity contribution in [2.75, 3.05) is 5.01 Å². The van der Waals surface area contributed by atoms with E-state index in [0.29, 0.717) is 5.56 Å². The molecule has 0 fully saturated rings. The van der Waals surface area contributed by atoms with Crippen molar-refractivity contribution in [1.29, 1.82) is 0 Å². The normalized spacial score (nSPS) is 13.4. The van der Waals surface area contributed by atoms with Crippen LogP contribution in [0.25, 0.3) is 6.08 Å². The molecule has 0 saturated heterocycles. The van der Waals surface area contributed by atoms with Gasteiger partial charge in [-0.25, -0.2) is 0 Å². The first-order valence-corrected chi connectivity index (χ1v) is 9.68. The van der Waals surface area contributed by atoms with Gasteiger partial charge in [-0.3, -0.25) is 15.0 Å². The number of carbonyl (C=O) groups excluding carboxylic acids is 1. The van der Waals surface area contributed by atoms with E-state index in [9.17, 15) is 15.0 Å². The van der Waals surface area contributed by atoms with Crippen molar-refractivity contribution in [3.63, 3.8) is 0 Å². The number of anilines is 1. The summed E-state index contributed by atoms with van der Waals surface area (Å²) < 4.78 is 0. The van der Waals surface area contributed by atoms with Crippen molar-refractivity contribution >= 4 is 23.6 Å². The second kappa shape index (κ2) is 15.6. The van der Waals surface area contributed by atoms with Gasteiger partial charge in [0.2, 0.25) is 0 Å². The molecule has 0 aliphatic carbocycles. The molecule has 1 atom stereocenters. The number of hydrogen-bond donors (Lipinski definition) is 0. The summed E-state index contributed by atoms with van der Waals surface area (Å²) in [5, 5.41) is 26.5. The first-order chi connectivity index (χ1) is 14.5. The molecule has 2 aromatic carbocycles. The Morgan fingerprint density at radius 1 is 0.853 bits per heavy atom. The van der Waals surface area contributed by atoms with Crippen LogP contribution in [0.2, 0.25) is 0 Å². The summed E-state index contributed by atoms with van der Waals surface area (Å²) in [6, 6.07) is 15.6. The quantitative estimate of drug-likeness (QED) is 0.285. The summed E-state index contributed by atoms with van der Waals surface area (Å²) in [6.45, 7) is 3.37. The van der Waals surface area contributed by atoms with Crippen LogP contribution >= 0.6 is 0 Å². The molecule has 2 heterocycles. The van der Waals surface area contributed by atoms with Gasteiger partial charge in [-0.15, -0.1) is 0 Å². The van der Waals surface area contributed by atoms with Crippen molar-refractivity contribution in [2.24, 2.45) is 10.9 Å². The van der Waals surface area contributed by atoms with Gasteiger partial charge in [0.05, 0.1) is 17.7 Å². The Morgan fingerprint density at radius 3 is 2.06 bits per heavy atom. The molecule has 0 aromatic heterocycles.